The third-order valence-corrected chi connectivity index (χ3v) is 17.1. The summed E-state index contributed by atoms with van der Waals surface area (Å²) in [5, 5.41) is 11.2. The lowest BCUT2D eigenvalue weighted by atomic mass is 9.80. The molecule has 1 amide bonds. The zero-order valence-corrected chi connectivity index (χ0v) is 48.0. The van der Waals surface area contributed by atoms with Crippen molar-refractivity contribution in [1.82, 2.24) is 10.6 Å². The summed E-state index contributed by atoms with van der Waals surface area (Å²) in [5.41, 5.74) is 9.87. The van der Waals surface area contributed by atoms with E-state index in [1.165, 1.54) is 21.9 Å². The van der Waals surface area contributed by atoms with Crippen LogP contribution in [0.1, 0.15) is 121 Å². The van der Waals surface area contributed by atoms with Crippen molar-refractivity contribution in [3.05, 3.63) is 173 Å². The monoisotopic (exact) mass is 1100 g/mol. The molecule has 12 nitrogen and oxygen atoms in total. The molecule has 0 fully saturated rings. The lowest BCUT2D eigenvalue weighted by Gasteiger charge is -2.32. The Morgan fingerprint density at radius 3 is 2.06 bits per heavy atom. The summed E-state index contributed by atoms with van der Waals surface area (Å²) in [4.78, 5) is 26.8. The molecule has 5 aromatic rings. The summed E-state index contributed by atoms with van der Waals surface area (Å²) in [7, 11) is -8.33. The molecule has 0 aromatic heterocycles. The first kappa shape index (κ1) is 59.4. The number of Topliss-reactive ketones (excluding diaryl/α,β-unsaturated/α-hetero) is 1. The Bertz CT molecular complexity index is 3440. The summed E-state index contributed by atoms with van der Waals surface area (Å²) in [6, 6.07) is 31.5. The number of rotatable bonds is 28. The Labute approximate surface area is 463 Å². The molecule has 1 unspecified atom stereocenters. The number of allylic oxidation sites excluding steroid dienone is 6. The van der Waals surface area contributed by atoms with Crippen molar-refractivity contribution < 1.29 is 40.1 Å². The maximum absolute atomic E-state index is 12.4. The number of nitrogens with zero attached hydrogens (tertiary/aromatic N) is 2. The van der Waals surface area contributed by atoms with Gasteiger partial charge in [0, 0.05) is 66.9 Å². The number of nitrogens with one attached hydrogen (secondary N) is 2. The minimum absolute atomic E-state index is 0.113. The lowest BCUT2D eigenvalue weighted by Crippen LogP contribution is -2.40. The molecular formula is C64H79N4O8S2+. The Morgan fingerprint density at radius 2 is 1.36 bits per heavy atom. The molecule has 0 aliphatic carbocycles. The van der Waals surface area contributed by atoms with Crippen molar-refractivity contribution >= 4 is 76.1 Å². The summed E-state index contributed by atoms with van der Waals surface area (Å²) >= 11 is 0. The molecule has 14 heteroatoms. The van der Waals surface area contributed by atoms with Gasteiger partial charge < -0.3 is 15.5 Å². The first-order valence-corrected chi connectivity index (χ1v) is 30.6. The first-order chi connectivity index (χ1) is 37.0. The number of amides is 1. The van der Waals surface area contributed by atoms with Crippen molar-refractivity contribution in [1.29, 1.82) is 0 Å². The van der Waals surface area contributed by atoms with E-state index >= 15 is 0 Å². The van der Waals surface area contributed by atoms with Crippen LogP contribution in [0.3, 0.4) is 0 Å². The molecule has 1 atom stereocenters. The van der Waals surface area contributed by atoms with E-state index in [0.717, 1.165) is 88.6 Å². The maximum Gasteiger partial charge on any atom is 0.265 e. The van der Waals surface area contributed by atoms with Crippen LogP contribution in [0.5, 0.6) is 0 Å². The van der Waals surface area contributed by atoms with E-state index in [1.807, 2.05) is 24.3 Å². The molecule has 2 aliphatic rings. The second kappa shape index (κ2) is 25.7. The van der Waals surface area contributed by atoms with Crippen LogP contribution in [-0.2, 0) is 53.6 Å². The van der Waals surface area contributed by atoms with Crippen LogP contribution in [0.15, 0.2) is 146 Å². The fourth-order valence-electron chi connectivity index (χ4n) is 11.4. The highest BCUT2D eigenvalue weighted by Crippen LogP contribution is 2.46. The number of ketones is 1. The number of hydrogen-bond donors (Lipinski definition) is 4. The molecule has 4 N–H and O–H groups in total. The van der Waals surface area contributed by atoms with Crippen LogP contribution in [0.2, 0.25) is 0 Å². The number of benzene rings is 5. The lowest BCUT2D eigenvalue weighted by molar-refractivity contribution is -0.437. The third-order valence-electron chi connectivity index (χ3n) is 15.5. The van der Waals surface area contributed by atoms with Crippen LogP contribution < -0.4 is 15.5 Å². The smallest absolute Gasteiger partial charge is 0.265 e. The summed E-state index contributed by atoms with van der Waals surface area (Å²) < 4.78 is 69.3. The van der Waals surface area contributed by atoms with Crippen LogP contribution in [0.4, 0.5) is 11.4 Å². The highest BCUT2D eigenvalue weighted by atomic mass is 32.2. The quantitative estimate of drug-likeness (QED) is 0.00943. The molecule has 7 rings (SSSR count). The summed E-state index contributed by atoms with van der Waals surface area (Å²) in [6.45, 7) is 22.4. The largest absolute Gasteiger partial charge is 0.364 e. The topological polar surface area (TPSA) is 173 Å². The van der Waals surface area contributed by atoms with Crippen LogP contribution >= 0.6 is 0 Å². The normalized spacial score (nSPS) is 16.2. The fourth-order valence-corrected chi connectivity index (χ4v) is 12.4. The second-order valence-electron chi connectivity index (χ2n) is 22.1. The van der Waals surface area contributed by atoms with E-state index < -0.39 is 25.7 Å². The second-order valence-corrected chi connectivity index (χ2v) is 25.3. The van der Waals surface area contributed by atoms with Crippen molar-refractivity contribution in [2.75, 3.05) is 42.6 Å². The number of unbranched alkanes of at least 4 members (excludes halogenated alkanes) is 3. The van der Waals surface area contributed by atoms with Crippen LogP contribution in [0.25, 0.3) is 27.1 Å². The van der Waals surface area contributed by atoms with Gasteiger partial charge in [-0.05, 0) is 139 Å². The van der Waals surface area contributed by atoms with Gasteiger partial charge in [0.15, 0.2) is 11.5 Å². The third kappa shape index (κ3) is 14.5. The van der Waals surface area contributed by atoms with Gasteiger partial charge in [0.25, 0.3) is 20.2 Å². The maximum atomic E-state index is 12.4. The zero-order chi connectivity index (χ0) is 56.4. The van der Waals surface area contributed by atoms with E-state index in [1.54, 1.807) is 13.8 Å². The number of anilines is 1. The summed E-state index contributed by atoms with van der Waals surface area (Å²) in [5.74, 6) is -0.736. The minimum Gasteiger partial charge on any atom is -0.364 e. The van der Waals surface area contributed by atoms with Gasteiger partial charge in [-0.2, -0.15) is 21.4 Å². The molecule has 0 saturated heterocycles. The molecule has 0 bridgehead atoms. The number of para-hydroxylation sites is 2. The van der Waals surface area contributed by atoms with Crippen molar-refractivity contribution in [2.45, 2.75) is 123 Å². The summed E-state index contributed by atoms with van der Waals surface area (Å²) in [6.07, 6.45) is 16.9. The van der Waals surface area contributed by atoms with E-state index in [4.69, 9.17) is 0 Å². The Balaban J connectivity index is 1.35. The Morgan fingerprint density at radius 1 is 0.718 bits per heavy atom. The zero-order valence-electron chi connectivity index (χ0n) is 46.4. The molecule has 2 heterocycles. The average Bonchev–Trinajstić information content (AvgIpc) is 3.98. The molecule has 0 saturated carbocycles. The van der Waals surface area contributed by atoms with E-state index in [2.05, 4.69) is 158 Å². The van der Waals surface area contributed by atoms with Gasteiger partial charge in [0.1, 0.15) is 6.54 Å². The molecule has 0 spiro atoms. The first-order valence-electron chi connectivity index (χ1n) is 27.4. The van der Waals surface area contributed by atoms with Gasteiger partial charge in [-0.3, -0.25) is 18.7 Å². The predicted molar refractivity (Wildman–Crippen MR) is 320 cm³/mol. The molecule has 5 aromatic carbocycles. The standard InChI is InChI=1S/C64H78N4O8S2/c1-45(2)59(69)31-12-10-9-11-24-50-49-25-13-14-26-51(49)54(44-65-37-20-38-66-62(70)46(3)4)52-35-33-48(43-53(50)52)47(34-36-61-64(7,8)56-28-16-18-30-58(56)68(61)40-22-42-78(74,75)76)23-19-32-60-63(5,6)55-27-15-17-29-57(55)67(60)39-21-41-77(71,72)73/h13-19,23,25-30,32-36,43,60,65H,1,3,9-12,20-22,24,31,37-42,44H2,2,4-8H3,(H2-,66,70,71,72,73,74,75,76)/p+1/b32-19+,36-34+,47-23-. The van der Waals surface area contributed by atoms with Crippen LogP contribution in [0, 0.1) is 0 Å². The number of fused-ring (bicyclic) bond motifs is 4. The van der Waals surface area contributed by atoms with Crippen molar-refractivity contribution in [2.24, 2.45) is 0 Å². The van der Waals surface area contributed by atoms with Gasteiger partial charge in [-0.25, -0.2) is 0 Å². The minimum atomic E-state index is -4.18. The Kier molecular flexibility index (Phi) is 19.5. The molecular weight excluding hydrogens is 1020 g/mol. The highest BCUT2D eigenvalue weighted by molar-refractivity contribution is 7.86. The molecule has 0 radical (unpaired) electrons. The Hall–Kier alpha value is -6.29. The fraction of sp³-hybridized carbons (Fsp3) is 0.391. The molecule has 78 heavy (non-hydrogen) atoms. The van der Waals surface area contributed by atoms with E-state index in [-0.39, 0.29) is 47.5 Å². The van der Waals surface area contributed by atoms with Gasteiger partial charge in [0.05, 0.1) is 23.0 Å². The van der Waals surface area contributed by atoms with Crippen molar-refractivity contribution in [3.8, 4) is 0 Å². The van der Waals surface area contributed by atoms with E-state index in [9.17, 15) is 35.5 Å². The van der Waals surface area contributed by atoms with Gasteiger partial charge >= 0.3 is 0 Å². The number of carbonyl (C=O) groups is 2. The van der Waals surface area contributed by atoms with Gasteiger partial charge in [0.2, 0.25) is 11.6 Å². The number of hydrogen-bond acceptors (Lipinski definition) is 8. The molecule has 414 valence electrons. The van der Waals surface area contributed by atoms with Gasteiger partial charge in [-0.1, -0.05) is 131 Å². The SMILES string of the molecule is C=C(C)C(=O)CCCCCCc1c2ccccc2c(CNCCCNC(=O)C(=C)C)c2ccc(C(=C\C=C\C3N(CCCS(=O)(=O)O)c4ccccc4C3(C)C)/C=C/C3=[N+](CCCS(=O)(=O)O)c4ccccc4C3(C)C)cc12. The highest BCUT2D eigenvalue weighted by Gasteiger charge is 2.45. The molecule has 2 aliphatic heterocycles. The van der Waals surface area contributed by atoms with E-state index in [0.29, 0.717) is 50.3 Å². The van der Waals surface area contributed by atoms with Crippen LogP contribution in [-0.4, -0.2) is 91.6 Å². The van der Waals surface area contributed by atoms with Gasteiger partial charge in [-0.15, -0.1) is 0 Å². The average molecular weight is 1100 g/mol. The predicted octanol–water partition coefficient (Wildman–Crippen LogP) is 12.1. The number of aryl methyl sites for hydroxylation is 1. The van der Waals surface area contributed by atoms with Crippen molar-refractivity contribution in [3.63, 3.8) is 0 Å². The number of carbonyl (C=O) groups excluding carboxylic acids is 2.